The summed E-state index contributed by atoms with van der Waals surface area (Å²) in [4.78, 5) is 1.20. The molecule has 3 atom stereocenters. The molecular formula is C12H16O2S. The van der Waals surface area contributed by atoms with Crippen molar-refractivity contribution in [2.45, 2.75) is 36.2 Å². The van der Waals surface area contributed by atoms with E-state index >= 15 is 0 Å². The molecule has 2 nitrogen and oxygen atoms in total. The van der Waals surface area contributed by atoms with Crippen molar-refractivity contribution < 1.29 is 9.84 Å². The van der Waals surface area contributed by atoms with Gasteiger partial charge in [0.15, 0.2) is 0 Å². The van der Waals surface area contributed by atoms with Gasteiger partial charge in [0, 0.05) is 4.90 Å². The number of hydrogen-bond donors (Lipinski definition) is 1. The summed E-state index contributed by atoms with van der Waals surface area (Å²) in [7, 11) is 0. The molecule has 1 fully saturated rings. The highest BCUT2D eigenvalue weighted by molar-refractivity contribution is 8.00. The molecule has 0 saturated carbocycles. The molecule has 1 aliphatic heterocycles. The standard InChI is InChI=1S/C12H16O2S/c1-8-3-5-10(6-4-8)15-12-9(2)14-7-11(12)13/h3-6,9,11-13H,7H2,1-2H3/t9-,11+,12-/m1/s1. The summed E-state index contributed by atoms with van der Waals surface area (Å²) in [5, 5.41) is 9.89. The molecule has 0 aromatic heterocycles. The largest absolute Gasteiger partial charge is 0.389 e. The number of thioether (sulfide) groups is 1. The first kappa shape index (κ1) is 11.0. The smallest absolute Gasteiger partial charge is 0.0920 e. The Balaban J connectivity index is 2.04. The van der Waals surface area contributed by atoms with Gasteiger partial charge in [0.25, 0.3) is 0 Å². The van der Waals surface area contributed by atoms with E-state index in [1.807, 2.05) is 6.92 Å². The average molecular weight is 224 g/mol. The zero-order valence-corrected chi connectivity index (χ0v) is 9.83. The molecule has 15 heavy (non-hydrogen) atoms. The van der Waals surface area contributed by atoms with Gasteiger partial charge in [0.05, 0.1) is 24.1 Å². The number of aryl methyl sites for hydroxylation is 1. The van der Waals surface area contributed by atoms with Gasteiger partial charge in [-0.15, -0.1) is 11.8 Å². The van der Waals surface area contributed by atoms with Crippen LogP contribution in [-0.4, -0.2) is 29.2 Å². The maximum Gasteiger partial charge on any atom is 0.0920 e. The number of benzene rings is 1. The van der Waals surface area contributed by atoms with Crippen molar-refractivity contribution >= 4 is 11.8 Å². The van der Waals surface area contributed by atoms with Gasteiger partial charge >= 0.3 is 0 Å². The third-order valence-corrected chi connectivity index (χ3v) is 4.18. The maximum absolute atomic E-state index is 9.73. The first-order valence-corrected chi connectivity index (χ1v) is 6.08. The van der Waals surface area contributed by atoms with Crippen LogP contribution in [0.15, 0.2) is 29.2 Å². The third-order valence-electron chi connectivity index (χ3n) is 2.66. The van der Waals surface area contributed by atoms with Crippen molar-refractivity contribution in [2.24, 2.45) is 0 Å². The maximum atomic E-state index is 9.73. The van der Waals surface area contributed by atoms with Crippen molar-refractivity contribution in [1.82, 2.24) is 0 Å². The van der Waals surface area contributed by atoms with Crippen LogP contribution in [0.3, 0.4) is 0 Å². The topological polar surface area (TPSA) is 29.5 Å². The van der Waals surface area contributed by atoms with Gasteiger partial charge in [0.1, 0.15) is 0 Å². The molecule has 0 aliphatic carbocycles. The second-order valence-electron chi connectivity index (χ2n) is 4.00. The van der Waals surface area contributed by atoms with Crippen LogP contribution in [0.5, 0.6) is 0 Å². The normalized spacial score (nSPS) is 30.7. The predicted molar refractivity (Wildman–Crippen MR) is 62.2 cm³/mol. The molecule has 2 rings (SSSR count). The summed E-state index contributed by atoms with van der Waals surface area (Å²) >= 11 is 1.70. The Labute approximate surface area is 94.6 Å². The first-order chi connectivity index (χ1) is 7.16. The van der Waals surface area contributed by atoms with E-state index < -0.39 is 0 Å². The Morgan fingerprint density at radius 2 is 2.00 bits per heavy atom. The second kappa shape index (κ2) is 4.56. The van der Waals surface area contributed by atoms with Crippen LogP contribution in [0.1, 0.15) is 12.5 Å². The van der Waals surface area contributed by atoms with E-state index in [0.717, 1.165) is 0 Å². The van der Waals surface area contributed by atoms with Crippen LogP contribution in [0.4, 0.5) is 0 Å². The number of hydrogen-bond acceptors (Lipinski definition) is 3. The van der Waals surface area contributed by atoms with Crippen molar-refractivity contribution in [3.8, 4) is 0 Å². The Morgan fingerprint density at radius 3 is 2.53 bits per heavy atom. The fourth-order valence-corrected chi connectivity index (χ4v) is 2.81. The first-order valence-electron chi connectivity index (χ1n) is 5.20. The zero-order chi connectivity index (χ0) is 10.8. The lowest BCUT2D eigenvalue weighted by molar-refractivity contribution is 0.0972. The van der Waals surface area contributed by atoms with E-state index in [0.29, 0.717) is 6.61 Å². The summed E-state index contributed by atoms with van der Waals surface area (Å²) in [5.41, 5.74) is 1.26. The van der Waals surface area contributed by atoms with E-state index in [4.69, 9.17) is 4.74 Å². The van der Waals surface area contributed by atoms with Gasteiger partial charge < -0.3 is 9.84 Å². The highest BCUT2D eigenvalue weighted by Gasteiger charge is 2.33. The molecule has 1 heterocycles. The molecule has 1 aliphatic rings. The third kappa shape index (κ3) is 2.54. The van der Waals surface area contributed by atoms with Crippen LogP contribution >= 0.6 is 11.8 Å². The van der Waals surface area contributed by atoms with Crippen molar-refractivity contribution in [3.63, 3.8) is 0 Å². The molecule has 0 spiro atoms. The average Bonchev–Trinajstić information content (AvgIpc) is 2.53. The zero-order valence-electron chi connectivity index (χ0n) is 9.01. The van der Waals surface area contributed by atoms with Crippen LogP contribution in [0.25, 0.3) is 0 Å². The summed E-state index contributed by atoms with van der Waals surface area (Å²) in [5.74, 6) is 0. The predicted octanol–water partition coefficient (Wildman–Crippen LogP) is 2.24. The number of aliphatic hydroxyl groups is 1. The molecule has 0 amide bonds. The lowest BCUT2D eigenvalue weighted by atomic mass is 10.2. The fraction of sp³-hybridized carbons (Fsp3) is 0.500. The molecule has 0 unspecified atom stereocenters. The number of ether oxygens (including phenoxy) is 1. The quantitative estimate of drug-likeness (QED) is 0.835. The van der Waals surface area contributed by atoms with E-state index in [-0.39, 0.29) is 17.5 Å². The minimum absolute atomic E-state index is 0.131. The lowest BCUT2D eigenvalue weighted by Crippen LogP contribution is -2.24. The highest BCUT2D eigenvalue weighted by Crippen LogP contribution is 2.32. The number of aliphatic hydroxyl groups excluding tert-OH is 1. The molecular weight excluding hydrogens is 208 g/mol. The van der Waals surface area contributed by atoms with Gasteiger partial charge in [-0.3, -0.25) is 0 Å². The lowest BCUT2D eigenvalue weighted by Gasteiger charge is -2.16. The van der Waals surface area contributed by atoms with Crippen molar-refractivity contribution in [1.29, 1.82) is 0 Å². The van der Waals surface area contributed by atoms with Gasteiger partial charge in [-0.05, 0) is 26.0 Å². The van der Waals surface area contributed by atoms with Gasteiger partial charge in [0.2, 0.25) is 0 Å². The van der Waals surface area contributed by atoms with Crippen LogP contribution < -0.4 is 0 Å². The van der Waals surface area contributed by atoms with Crippen LogP contribution in [0.2, 0.25) is 0 Å². The van der Waals surface area contributed by atoms with Crippen LogP contribution in [0, 0.1) is 6.92 Å². The molecule has 1 aromatic rings. The summed E-state index contributed by atoms with van der Waals surface area (Å²) in [6, 6.07) is 8.37. The number of rotatable bonds is 2. The van der Waals surface area contributed by atoms with Crippen molar-refractivity contribution in [3.05, 3.63) is 29.8 Å². The summed E-state index contributed by atoms with van der Waals surface area (Å²) in [6.07, 6.45) is -0.211. The minimum atomic E-state index is -0.341. The monoisotopic (exact) mass is 224 g/mol. The van der Waals surface area contributed by atoms with E-state index in [1.54, 1.807) is 11.8 Å². The van der Waals surface area contributed by atoms with Gasteiger partial charge in [-0.25, -0.2) is 0 Å². The summed E-state index contributed by atoms with van der Waals surface area (Å²) in [6.45, 7) is 4.55. The Kier molecular flexibility index (Phi) is 3.34. The van der Waals surface area contributed by atoms with E-state index in [1.165, 1.54) is 10.5 Å². The molecule has 1 saturated heterocycles. The minimum Gasteiger partial charge on any atom is -0.389 e. The Bertz CT molecular complexity index is 313. The molecule has 3 heteroatoms. The summed E-state index contributed by atoms with van der Waals surface area (Å²) < 4.78 is 5.40. The van der Waals surface area contributed by atoms with Crippen molar-refractivity contribution in [2.75, 3.05) is 6.61 Å². The van der Waals surface area contributed by atoms with Gasteiger partial charge in [-0.1, -0.05) is 17.7 Å². The van der Waals surface area contributed by atoms with Gasteiger partial charge in [-0.2, -0.15) is 0 Å². The molecule has 0 radical (unpaired) electrons. The fourth-order valence-electron chi connectivity index (χ4n) is 1.70. The Hall–Kier alpha value is -0.510. The molecule has 1 N–H and O–H groups in total. The van der Waals surface area contributed by atoms with E-state index in [9.17, 15) is 5.11 Å². The van der Waals surface area contributed by atoms with E-state index in [2.05, 4.69) is 31.2 Å². The molecule has 82 valence electrons. The molecule has 1 aromatic carbocycles. The SMILES string of the molecule is Cc1ccc(S[C@H]2[C@@H](O)CO[C@@H]2C)cc1. The Morgan fingerprint density at radius 1 is 1.33 bits per heavy atom. The second-order valence-corrected chi connectivity index (χ2v) is 5.25. The van der Waals surface area contributed by atoms with Crippen LogP contribution in [-0.2, 0) is 4.74 Å². The molecule has 0 bridgehead atoms. The highest BCUT2D eigenvalue weighted by atomic mass is 32.2.